The summed E-state index contributed by atoms with van der Waals surface area (Å²) in [6.07, 6.45) is -1.87. The molecule has 0 saturated heterocycles. The van der Waals surface area contributed by atoms with Crippen LogP contribution in [0.4, 0.5) is 17.5 Å². The summed E-state index contributed by atoms with van der Waals surface area (Å²) in [5.74, 6) is 0.373. The first-order chi connectivity index (χ1) is 7.99. The Hall–Kier alpha value is -1.51. The van der Waals surface area contributed by atoms with Crippen LogP contribution in [0.3, 0.4) is 0 Å². The largest absolute Gasteiger partial charge is 0.391 e. The molecule has 0 saturated carbocycles. The highest BCUT2D eigenvalue weighted by molar-refractivity contribution is 5.85. The number of nitrogen functional groups attached to an aromatic ring is 1. The number of aromatic amines is 1. The summed E-state index contributed by atoms with van der Waals surface area (Å²) < 4.78 is 0. The highest BCUT2D eigenvalue weighted by Gasteiger charge is 2.29. The Bertz CT molecular complexity index is 478. The molecule has 0 fully saturated rings. The van der Waals surface area contributed by atoms with Crippen molar-refractivity contribution in [1.29, 1.82) is 0 Å². The number of nitrogens with one attached hydrogen (secondary N) is 3. The zero-order chi connectivity index (χ0) is 12.6. The third-order valence-electron chi connectivity index (χ3n) is 2.66. The van der Waals surface area contributed by atoms with Crippen LogP contribution < -0.4 is 21.9 Å². The van der Waals surface area contributed by atoms with Gasteiger partial charge < -0.3 is 26.6 Å². The van der Waals surface area contributed by atoms with Gasteiger partial charge in [0, 0.05) is 6.54 Å². The normalized spacial score (nSPS) is 20.7. The Balaban J connectivity index is 0.00000162. The monoisotopic (exact) mass is 277 g/mol. The van der Waals surface area contributed by atoms with Crippen molar-refractivity contribution in [1.82, 2.24) is 9.97 Å². The predicted molar refractivity (Wildman–Crippen MR) is 70.1 cm³/mol. The second-order valence-corrected chi connectivity index (χ2v) is 4.04. The smallest absolute Gasteiger partial charge is 0.277 e. The maximum Gasteiger partial charge on any atom is 0.277 e. The van der Waals surface area contributed by atoms with Crippen LogP contribution in [0.1, 0.15) is 6.92 Å². The number of aliphatic hydroxyl groups excluding tert-OH is 2. The fourth-order valence-corrected chi connectivity index (χ4v) is 1.74. The Morgan fingerprint density at radius 2 is 2.17 bits per heavy atom. The van der Waals surface area contributed by atoms with Crippen LogP contribution in [-0.2, 0) is 0 Å². The molecule has 0 bridgehead atoms. The lowest BCUT2D eigenvalue weighted by atomic mass is 10.0. The molecule has 0 amide bonds. The molecule has 18 heavy (non-hydrogen) atoms. The van der Waals surface area contributed by atoms with Crippen LogP contribution in [0.2, 0.25) is 0 Å². The number of hydrogen-bond acceptors (Lipinski definition) is 7. The lowest BCUT2D eigenvalue weighted by Gasteiger charge is -2.31. The minimum atomic E-state index is -0.979. The first kappa shape index (κ1) is 14.6. The van der Waals surface area contributed by atoms with Gasteiger partial charge in [0.1, 0.15) is 11.8 Å². The lowest BCUT2D eigenvalue weighted by molar-refractivity contribution is 0.0214. The fourth-order valence-electron chi connectivity index (χ4n) is 1.74. The molecule has 0 radical (unpaired) electrons. The number of halogens is 1. The van der Waals surface area contributed by atoms with Gasteiger partial charge in [-0.25, -0.2) is 0 Å². The number of aromatic nitrogens is 2. The van der Waals surface area contributed by atoms with E-state index in [4.69, 9.17) is 5.73 Å². The van der Waals surface area contributed by atoms with Gasteiger partial charge in [-0.05, 0) is 6.92 Å². The van der Waals surface area contributed by atoms with Crippen molar-refractivity contribution in [3.05, 3.63) is 10.4 Å². The van der Waals surface area contributed by atoms with E-state index >= 15 is 0 Å². The maximum atomic E-state index is 11.6. The van der Waals surface area contributed by atoms with Gasteiger partial charge in [0.15, 0.2) is 5.82 Å². The third kappa shape index (κ3) is 2.66. The average molecular weight is 278 g/mol. The fraction of sp³-hybridized carbons (Fsp3) is 0.556. The van der Waals surface area contributed by atoms with Gasteiger partial charge in [0.05, 0.1) is 12.1 Å². The molecule has 2 heterocycles. The van der Waals surface area contributed by atoms with Crippen molar-refractivity contribution < 1.29 is 10.2 Å². The second kappa shape index (κ2) is 5.42. The molecule has 102 valence electrons. The van der Waals surface area contributed by atoms with E-state index in [0.717, 1.165) is 0 Å². The minimum absolute atomic E-state index is 0. The van der Waals surface area contributed by atoms with E-state index in [1.165, 1.54) is 6.92 Å². The van der Waals surface area contributed by atoms with Crippen LogP contribution in [0.15, 0.2) is 4.79 Å². The summed E-state index contributed by atoms with van der Waals surface area (Å²) in [4.78, 5) is 17.9. The van der Waals surface area contributed by atoms with E-state index < -0.39 is 23.8 Å². The van der Waals surface area contributed by atoms with Crippen LogP contribution in [0.5, 0.6) is 0 Å². The number of H-pyrrole nitrogens is 1. The number of hydrogen-bond donors (Lipinski definition) is 6. The molecule has 3 atom stereocenters. The molecule has 0 aliphatic carbocycles. The highest BCUT2D eigenvalue weighted by atomic mass is 35.5. The molecular formula is C9H16ClN5O3. The van der Waals surface area contributed by atoms with Crippen molar-refractivity contribution in [3.8, 4) is 0 Å². The molecule has 8 nitrogen and oxygen atoms in total. The Morgan fingerprint density at radius 1 is 1.50 bits per heavy atom. The van der Waals surface area contributed by atoms with Gasteiger partial charge in [-0.15, -0.1) is 12.4 Å². The maximum absolute atomic E-state index is 11.6. The summed E-state index contributed by atoms with van der Waals surface area (Å²) in [7, 11) is 0. The first-order valence-electron chi connectivity index (χ1n) is 5.25. The van der Waals surface area contributed by atoms with Gasteiger partial charge in [0.25, 0.3) is 5.56 Å². The van der Waals surface area contributed by atoms with E-state index in [1.807, 2.05) is 0 Å². The number of nitrogens with zero attached hydrogens (tertiary/aromatic N) is 1. The SMILES string of the molecule is CC(O)C(O)[C@H]1CNc2nc(N)[nH]c(=O)c2N1.Cl. The van der Waals surface area contributed by atoms with Crippen molar-refractivity contribution in [3.63, 3.8) is 0 Å². The van der Waals surface area contributed by atoms with E-state index in [1.54, 1.807) is 0 Å². The van der Waals surface area contributed by atoms with E-state index in [-0.39, 0.29) is 24.0 Å². The molecule has 0 aromatic carbocycles. The van der Waals surface area contributed by atoms with Gasteiger partial charge >= 0.3 is 0 Å². The van der Waals surface area contributed by atoms with Crippen LogP contribution in [0.25, 0.3) is 0 Å². The molecule has 2 rings (SSSR count). The summed E-state index contributed by atoms with van der Waals surface area (Å²) in [6, 6.07) is -0.464. The van der Waals surface area contributed by atoms with Crippen molar-refractivity contribution in [2.24, 2.45) is 0 Å². The van der Waals surface area contributed by atoms with Crippen LogP contribution in [-0.4, -0.2) is 45.0 Å². The summed E-state index contributed by atoms with van der Waals surface area (Å²) in [5, 5.41) is 24.7. The van der Waals surface area contributed by atoms with Gasteiger partial charge in [0.2, 0.25) is 5.95 Å². The summed E-state index contributed by atoms with van der Waals surface area (Å²) in [5.41, 5.74) is 5.20. The highest BCUT2D eigenvalue weighted by Crippen LogP contribution is 2.21. The summed E-state index contributed by atoms with van der Waals surface area (Å²) >= 11 is 0. The zero-order valence-electron chi connectivity index (χ0n) is 9.67. The van der Waals surface area contributed by atoms with Crippen molar-refractivity contribution in [2.45, 2.75) is 25.2 Å². The van der Waals surface area contributed by atoms with Gasteiger partial charge in [-0.1, -0.05) is 0 Å². The average Bonchev–Trinajstić information content (AvgIpc) is 2.27. The molecule has 1 aliphatic rings. The Kier molecular flexibility index (Phi) is 4.38. The predicted octanol–water partition coefficient (Wildman–Crippen LogP) is -1.28. The zero-order valence-corrected chi connectivity index (χ0v) is 10.5. The van der Waals surface area contributed by atoms with Gasteiger partial charge in [-0.2, -0.15) is 4.98 Å². The molecular weight excluding hydrogens is 262 g/mol. The van der Waals surface area contributed by atoms with E-state index in [2.05, 4.69) is 20.6 Å². The molecule has 1 aliphatic heterocycles. The molecule has 1 aromatic rings. The Labute approximate surface area is 109 Å². The standard InChI is InChI=1S/C9H15N5O3.ClH/c1-3(15)6(16)4-2-11-7-5(12-4)8(17)14-9(10)13-7;/h3-4,6,12,15-16H,2H2,1H3,(H4,10,11,13,14,17);1H/t3?,4-,6?;/m1./s1. The lowest BCUT2D eigenvalue weighted by Crippen LogP contribution is -2.48. The van der Waals surface area contributed by atoms with Crippen LogP contribution >= 0.6 is 12.4 Å². The number of nitrogens with two attached hydrogens (primary N) is 1. The number of fused-ring (bicyclic) bond motifs is 1. The molecule has 0 spiro atoms. The van der Waals surface area contributed by atoms with Gasteiger partial charge in [-0.3, -0.25) is 9.78 Å². The van der Waals surface area contributed by atoms with E-state index in [9.17, 15) is 15.0 Å². The minimum Gasteiger partial charge on any atom is -0.391 e. The van der Waals surface area contributed by atoms with Crippen molar-refractivity contribution >= 4 is 29.9 Å². The number of aliphatic hydroxyl groups is 2. The topological polar surface area (TPSA) is 136 Å². The first-order valence-corrected chi connectivity index (χ1v) is 5.25. The quantitative estimate of drug-likeness (QED) is 0.396. The van der Waals surface area contributed by atoms with E-state index in [0.29, 0.717) is 12.4 Å². The molecule has 1 aromatic heterocycles. The summed E-state index contributed by atoms with van der Waals surface area (Å²) in [6.45, 7) is 1.82. The Morgan fingerprint density at radius 3 is 2.78 bits per heavy atom. The second-order valence-electron chi connectivity index (χ2n) is 4.04. The number of anilines is 3. The molecule has 9 heteroatoms. The van der Waals surface area contributed by atoms with Crippen LogP contribution in [0, 0.1) is 0 Å². The number of rotatable bonds is 2. The molecule has 7 N–H and O–H groups in total. The molecule has 2 unspecified atom stereocenters. The third-order valence-corrected chi connectivity index (χ3v) is 2.66. The van der Waals surface area contributed by atoms with Crippen molar-refractivity contribution in [2.75, 3.05) is 22.9 Å².